The molecule has 0 aliphatic rings. The van der Waals surface area contributed by atoms with E-state index in [0.29, 0.717) is 17.9 Å². The summed E-state index contributed by atoms with van der Waals surface area (Å²) in [4.78, 5) is 13.6. The van der Waals surface area contributed by atoms with Gasteiger partial charge in [0.25, 0.3) is 0 Å². The van der Waals surface area contributed by atoms with Gasteiger partial charge in [-0.1, -0.05) is 0 Å². The predicted octanol–water partition coefficient (Wildman–Crippen LogP) is 1.80. The number of rotatable bonds is 6. The van der Waals surface area contributed by atoms with Gasteiger partial charge in [-0.2, -0.15) is 0 Å². The predicted molar refractivity (Wildman–Crippen MR) is 74.3 cm³/mol. The molecule has 108 valence electrons. The van der Waals surface area contributed by atoms with Gasteiger partial charge in [0.05, 0.1) is 13.7 Å². The third kappa shape index (κ3) is 4.08. The van der Waals surface area contributed by atoms with Crippen LogP contribution < -0.4 is 5.32 Å². The summed E-state index contributed by atoms with van der Waals surface area (Å²) in [7, 11) is 5.47. The number of carbonyl (C=O) groups is 1. The maximum Gasteiger partial charge on any atom is 0.341 e. The number of hydrogen-bond acceptors (Lipinski definition) is 5. The topological polar surface area (TPSA) is 54.7 Å². The molecule has 0 radical (unpaired) electrons. The van der Waals surface area contributed by atoms with Crippen LogP contribution in [0.25, 0.3) is 0 Å². The van der Waals surface area contributed by atoms with Crippen molar-refractivity contribution in [2.45, 2.75) is 32.9 Å². The molecule has 0 aliphatic heterocycles. The molecule has 0 saturated heterocycles. The Morgan fingerprint density at radius 3 is 2.63 bits per heavy atom. The first kappa shape index (κ1) is 15.7. The van der Waals surface area contributed by atoms with E-state index in [4.69, 9.17) is 9.15 Å². The van der Waals surface area contributed by atoms with E-state index in [1.807, 2.05) is 14.1 Å². The minimum absolute atomic E-state index is 0.0623. The van der Waals surface area contributed by atoms with Crippen molar-refractivity contribution in [3.63, 3.8) is 0 Å². The zero-order valence-corrected chi connectivity index (χ0v) is 12.7. The molecular weight excluding hydrogens is 244 g/mol. The van der Waals surface area contributed by atoms with Gasteiger partial charge in [0, 0.05) is 12.1 Å². The fourth-order valence-corrected chi connectivity index (χ4v) is 1.59. The van der Waals surface area contributed by atoms with Gasteiger partial charge in [-0.15, -0.1) is 0 Å². The molecule has 0 bridgehead atoms. The van der Waals surface area contributed by atoms with E-state index in [1.54, 1.807) is 13.0 Å². The molecule has 5 nitrogen and oxygen atoms in total. The maximum absolute atomic E-state index is 11.5. The smallest absolute Gasteiger partial charge is 0.341 e. The molecule has 0 unspecified atom stereocenters. The van der Waals surface area contributed by atoms with E-state index >= 15 is 0 Å². The fraction of sp³-hybridized carbons (Fsp3) is 0.643. The lowest BCUT2D eigenvalue weighted by Crippen LogP contribution is -2.46. The van der Waals surface area contributed by atoms with E-state index < -0.39 is 0 Å². The van der Waals surface area contributed by atoms with Crippen LogP contribution in [0.5, 0.6) is 0 Å². The third-order valence-corrected chi connectivity index (χ3v) is 3.44. The highest BCUT2D eigenvalue weighted by Gasteiger charge is 2.20. The summed E-state index contributed by atoms with van der Waals surface area (Å²) in [5, 5.41) is 3.33. The van der Waals surface area contributed by atoms with Crippen molar-refractivity contribution in [3.05, 3.63) is 23.2 Å². The minimum Gasteiger partial charge on any atom is -0.465 e. The summed E-state index contributed by atoms with van der Waals surface area (Å²) in [6.45, 7) is 7.50. The number of hydrogen-bond donors (Lipinski definition) is 1. The molecule has 0 fully saturated rings. The molecule has 1 rings (SSSR count). The van der Waals surface area contributed by atoms with Crippen LogP contribution in [-0.4, -0.2) is 44.2 Å². The second-order valence-electron chi connectivity index (χ2n) is 5.48. The monoisotopic (exact) mass is 268 g/mol. The molecular formula is C14H24N2O3. The molecule has 1 heterocycles. The molecule has 5 heteroatoms. The Balaban J connectivity index is 2.58. The molecule has 0 aliphatic carbocycles. The van der Waals surface area contributed by atoms with Crippen molar-refractivity contribution in [3.8, 4) is 0 Å². The normalized spacial score (nSPS) is 11.9. The first-order chi connectivity index (χ1) is 8.77. The first-order valence-electron chi connectivity index (χ1n) is 6.33. The van der Waals surface area contributed by atoms with Crippen LogP contribution in [0.2, 0.25) is 0 Å². The van der Waals surface area contributed by atoms with Gasteiger partial charge in [-0.05, 0) is 40.9 Å². The SMILES string of the molecule is COC(=O)c1cc(CNCC(C)(C)N(C)C)oc1C. The highest BCUT2D eigenvalue weighted by Crippen LogP contribution is 2.16. The Hall–Kier alpha value is -1.33. The van der Waals surface area contributed by atoms with Gasteiger partial charge in [-0.25, -0.2) is 4.79 Å². The average Bonchev–Trinajstić information content (AvgIpc) is 2.69. The number of nitrogens with one attached hydrogen (secondary N) is 1. The van der Waals surface area contributed by atoms with Crippen molar-refractivity contribution in [2.24, 2.45) is 0 Å². The fourth-order valence-electron chi connectivity index (χ4n) is 1.59. The Labute approximate surface area is 114 Å². The Bertz CT molecular complexity index is 436. The van der Waals surface area contributed by atoms with Crippen molar-refractivity contribution in [1.82, 2.24) is 10.2 Å². The number of likely N-dealkylation sites (N-methyl/N-ethyl adjacent to an activating group) is 1. The zero-order chi connectivity index (χ0) is 14.6. The minimum atomic E-state index is -0.360. The number of carbonyl (C=O) groups excluding carboxylic acids is 1. The maximum atomic E-state index is 11.5. The second-order valence-corrected chi connectivity index (χ2v) is 5.48. The van der Waals surface area contributed by atoms with E-state index in [1.165, 1.54) is 7.11 Å². The zero-order valence-electron chi connectivity index (χ0n) is 12.7. The van der Waals surface area contributed by atoms with Gasteiger partial charge in [-0.3, -0.25) is 0 Å². The van der Waals surface area contributed by atoms with Crippen molar-refractivity contribution < 1.29 is 13.9 Å². The summed E-state index contributed by atoms with van der Waals surface area (Å²) in [6.07, 6.45) is 0. The van der Waals surface area contributed by atoms with Crippen LogP contribution >= 0.6 is 0 Å². The standard InChI is InChI=1S/C14H24N2O3/c1-10-12(13(17)18-6)7-11(19-10)8-15-9-14(2,3)16(4)5/h7,15H,8-9H2,1-6H3. The summed E-state index contributed by atoms with van der Waals surface area (Å²) in [5.41, 5.74) is 0.554. The van der Waals surface area contributed by atoms with E-state index in [2.05, 4.69) is 24.1 Å². The van der Waals surface area contributed by atoms with Gasteiger partial charge in [0.1, 0.15) is 17.1 Å². The third-order valence-electron chi connectivity index (χ3n) is 3.44. The molecule has 19 heavy (non-hydrogen) atoms. The van der Waals surface area contributed by atoms with Gasteiger partial charge >= 0.3 is 5.97 Å². The van der Waals surface area contributed by atoms with Crippen LogP contribution in [0.15, 0.2) is 10.5 Å². The molecule has 0 amide bonds. The number of furan rings is 1. The van der Waals surface area contributed by atoms with Gasteiger partial charge in [0.15, 0.2) is 0 Å². The second kappa shape index (κ2) is 6.21. The molecule has 0 atom stereocenters. The van der Waals surface area contributed by atoms with E-state index in [-0.39, 0.29) is 11.5 Å². The van der Waals surface area contributed by atoms with Crippen molar-refractivity contribution in [2.75, 3.05) is 27.7 Å². The molecule has 0 aromatic carbocycles. The van der Waals surface area contributed by atoms with Crippen LogP contribution in [0.3, 0.4) is 0 Å². The lowest BCUT2D eigenvalue weighted by Gasteiger charge is -2.32. The number of esters is 1. The molecule has 1 aromatic heterocycles. The largest absolute Gasteiger partial charge is 0.465 e. The summed E-state index contributed by atoms with van der Waals surface area (Å²) in [5.74, 6) is 0.976. The Morgan fingerprint density at radius 1 is 1.47 bits per heavy atom. The molecule has 1 aromatic rings. The average molecular weight is 268 g/mol. The lowest BCUT2D eigenvalue weighted by molar-refractivity contribution is 0.0599. The van der Waals surface area contributed by atoms with Crippen molar-refractivity contribution >= 4 is 5.97 Å². The lowest BCUT2D eigenvalue weighted by atomic mass is 10.0. The Kier molecular flexibility index (Phi) is 5.14. The first-order valence-corrected chi connectivity index (χ1v) is 6.33. The van der Waals surface area contributed by atoms with Crippen LogP contribution in [0, 0.1) is 6.92 Å². The quantitative estimate of drug-likeness (QED) is 0.797. The van der Waals surface area contributed by atoms with Crippen LogP contribution in [-0.2, 0) is 11.3 Å². The summed E-state index contributed by atoms with van der Waals surface area (Å²) >= 11 is 0. The molecule has 0 saturated carbocycles. The van der Waals surface area contributed by atoms with Crippen molar-refractivity contribution in [1.29, 1.82) is 0 Å². The molecule has 1 N–H and O–H groups in total. The van der Waals surface area contributed by atoms with E-state index in [0.717, 1.165) is 12.3 Å². The molecule has 0 spiro atoms. The number of ether oxygens (including phenoxy) is 1. The summed E-state index contributed by atoms with van der Waals surface area (Å²) in [6, 6.07) is 1.73. The highest BCUT2D eigenvalue weighted by molar-refractivity contribution is 5.90. The Morgan fingerprint density at radius 2 is 2.11 bits per heavy atom. The highest BCUT2D eigenvalue weighted by atomic mass is 16.5. The van der Waals surface area contributed by atoms with Gasteiger partial charge in [0.2, 0.25) is 0 Å². The van der Waals surface area contributed by atoms with Gasteiger partial charge < -0.3 is 19.4 Å². The van der Waals surface area contributed by atoms with Crippen LogP contribution in [0.4, 0.5) is 0 Å². The number of aryl methyl sites for hydroxylation is 1. The summed E-state index contributed by atoms with van der Waals surface area (Å²) < 4.78 is 10.2. The number of nitrogens with zero attached hydrogens (tertiary/aromatic N) is 1. The van der Waals surface area contributed by atoms with E-state index in [9.17, 15) is 4.79 Å². The number of methoxy groups -OCH3 is 1. The van der Waals surface area contributed by atoms with Crippen LogP contribution in [0.1, 0.15) is 35.7 Å².